The number of para-hydroxylation sites is 1. The number of benzene rings is 4. The van der Waals surface area contributed by atoms with Gasteiger partial charge in [-0.2, -0.15) is 5.10 Å². The molecule has 9 heteroatoms. The van der Waals surface area contributed by atoms with E-state index in [9.17, 15) is 20.8 Å². The lowest BCUT2D eigenvalue weighted by atomic mass is 9.83. The number of nitrogens with zero attached hydrogens (tertiary/aromatic N) is 3. The van der Waals surface area contributed by atoms with E-state index in [2.05, 4.69) is 5.43 Å². The standard InChI is InChI=1S/C26H21ClN4O4/c27-22-16-21(23(30(32)33)17-24(22)31(34)35)25(18-10-4-1-5-11-18)26(19-12-6-2-7-13-19)29-28-20-14-8-3-9-15-20/h1-17,25,28,32-33H/q-2/t25-/m0/s1. The van der Waals surface area contributed by atoms with Gasteiger partial charge in [0, 0.05) is 5.69 Å². The molecule has 0 spiro atoms. The number of hydrogen-bond acceptors (Lipinski definition) is 8. The first-order valence-electron chi connectivity index (χ1n) is 10.6. The maximum Gasteiger partial charge on any atom is 0.101 e. The van der Waals surface area contributed by atoms with E-state index in [4.69, 9.17) is 16.7 Å². The summed E-state index contributed by atoms with van der Waals surface area (Å²) >= 11 is 6.28. The van der Waals surface area contributed by atoms with Crippen LogP contribution in [0, 0.1) is 10.4 Å². The van der Waals surface area contributed by atoms with Gasteiger partial charge >= 0.3 is 0 Å². The monoisotopic (exact) mass is 488 g/mol. The van der Waals surface area contributed by atoms with Crippen molar-refractivity contribution in [1.82, 2.24) is 0 Å². The van der Waals surface area contributed by atoms with Gasteiger partial charge in [-0.05, 0) is 41.0 Å². The summed E-state index contributed by atoms with van der Waals surface area (Å²) in [5.41, 5.74) is 5.54. The maximum absolute atomic E-state index is 11.5. The van der Waals surface area contributed by atoms with Gasteiger partial charge in [-0.1, -0.05) is 90.5 Å². The summed E-state index contributed by atoms with van der Waals surface area (Å²) in [5, 5.41) is 46.7. The number of hydrogen-bond donors (Lipinski definition) is 3. The normalized spacial score (nSPS) is 12.2. The van der Waals surface area contributed by atoms with Crippen molar-refractivity contribution in [2.75, 3.05) is 15.9 Å². The lowest BCUT2D eigenvalue weighted by molar-refractivity contribution is 0.0287. The molecule has 178 valence electrons. The average Bonchev–Trinajstić information content (AvgIpc) is 2.87. The Bertz CT molecular complexity index is 1290. The van der Waals surface area contributed by atoms with Crippen molar-refractivity contribution in [3.05, 3.63) is 135 Å². The highest BCUT2D eigenvalue weighted by molar-refractivity contribution is 6.33. The van der Waals surface area contributed by atoms with E-state index < -0.39 is 16.8 Å². The summed E-state index contributed by atoms with van der Waals surface area (Å²) in [7, 11) is 0. The van der Waals surface area contributed by atoms with E-state index in [-0.39, 0.29) is 15.9 Å². The number of hydrazone groups is 1. The Labute approximate surface area is 207 Å². The smallest absolute Gasteiger partial charge is 0.101 e. The van der Waals surface area contributed by atoms with Gasteiger partial charge in [0.05, 0.1) is 22.3 Å². The molecule has 0 heterocycles. The van der Waals surface area contributed by atoms with Gasteiger partial charge in [-0.3, -0.25) is 15.8 Å². The van der Waals surface area contributed by atoms with E-state index in [1.807, 2.05) is 91.0 Å². The molecule has 0 bridgehead atoms. The molecule has 0 saturated heterocycles. The molecule has 0 aromatic heterocycles. The van der Waals surface area contributed by atoms with Gasteiger partial charge in [-0.15, -0.1) is 5.23 Å². The zero-order valence-electron chi connectivity index (χ0n) is 18.3. The van der Waals surface area contributed by atoms with Crippen LogP contribution >= 0.6 is 11.6 Å². The van der Waals surface area contributed by atoms with Gasteiger partial charge < -0.3 is 15.6 Å². The molecule has 4 aromatic rings. The Balaban J connectivity index is 1.97. The first-order valence-corrected chi connectivity index (χ1v) is 11.0. The van der Waals surface area contributed by atoms with Gasteiger partial charge in [0.2, 0.25) is 0 Å². The molecule has 0 fully saturated rings. The Morgan fingerprint density at radius 1 is 0.800 bits per heavy atom. The summed E-state index contributed by atoms with van der Waals surface area (Å²) < 4.78 is 0. The molecule has 0 unspecified atom stereocenters. The number of rotatable bonds is 8. The molecule has 1 atom stereocenters. The van der Waals surface area contributed by atoms with Crippen LogP contribution in [0.3, 0.4) is 0 Å². The molecule has 0 radical (unpaired) electrons. The molecular weight excluding hydrogens is 468 g/mol. The molecule has 0 aliphatic carbocycles. The predicted octanol–water partition coefficient (Wildman–Crippen LogP) is 6.38. The highest BCUT2D eigenvalue weighted by atomic mass is 35.5. The van der Waals surface area contributed by atoms with E-state index in [0.717, 1.165) is 22.9 Å². The minimum atomic E-state index is -0.681. The van der Waals surface area contributed by atoms with E-state index in [0.29, 0.717) is 11.3 Å². The quantitative estimate of drug-likeness (QED) is 0.194. The van der Waals surface area contributed by atoms with Crippen molar-refractivity contribution in [1.29, 1.82) is 0 Å². The highest BCUT2D eigenvalue weighted by Crippen LogP contribution is 2.40. The highest BCUT2D eigenvalue weighted by Gasteiger charge is 2.28. The molecule has 0 aliphatic heterocycles. The summed E-state index contributed by atoms with van der Waals surface area (Å²) in [6, 6.07) is 30.4. The number of anilines is 3. The van der Waals surface area contributed by atoms with Crippen LogP contribution in [0.5, 0.6) is 0 Å². The summed E-state index contributed by atoms with van der Waals surface area (Å²) in [6.07, 6.45) is 0. The third-order valence-electron chi connectivity index (χ3n) is 5.37. The fraction of sp³-hybridized carbons (Fsp3) is 0.0385. The fourth-order valence-corrected chi connectivity index (χ4v) is 4.02. The van der Waals surface area contributed by atoms with E-state index in [1.54, 1.807) is 0 Å². The molecule has 3 N–H and O–H groups in total. The summed E-state index contributed by atoms with van der Waals surface area (Å²) in [6.45, 7) is 0. The minimum absolute atomic E-state index is 0.137. The molecule has 0 aliphatic rings. The number of nitrogens with one attached hydrogen (secondary N) is 1. The third kappa shape index (κ3) is 5.60. The lowest BCUT2D eigenvalue weighted by Crippen LogP contribution is -2.22. The predicted molar refractivity (Wildman–Crippen MR) is 138 cm³/mol. The molecule has 4 rings (SSSR count). The van der Waals surface area contributed by atoms with Crippen LogP contribution in [0.2, 0.25) is 5.02 Å². The average molecular weight is 489 g/mol. The Kier molecular flexibility index (Phi) is 7.61. The second-order valence-electron chi connectivity index (χ2n) is 7.59. The molecule has 4 aromatic carbocycles. The van der Waals surface area contributed by atoms with Crippen molar-refractivity contribution >= 4 is 34.4 Å². The maximum atomic E-state index is 11.5. The Hall–Kier alpha value is -3.92. The van der Waals surface area contributed by atoms with Crippen molar-refractivity contribution in [3.63, 3.8) is 0 Å². The van der Waals surface area contributed by atoms with Crippen LogP contribution in [0.4, 0.5) is 17.1 Å². The Morgan fingerprint density at radius 3 is 1.94 bits per heavy atom. The minimum Gasteiger partial charge on any atom is -0.769 e. The van der Waals surface area contributed by atoms with Crippen LogP contribution in [-0.2, 0) is 0 Å². The van der Waals surface area contributed by atoms with E-state index >= 15 is 0 Å². The van der Waals surface area contributed by atoms with Gasteiger partial charge in [0.25, 0.3) is 0 Å². The van der Waals surface area contributed by atoms with Crippen LogP contribution in [-0.4, -0.2) is 16.1 Å². The van der Waals surface area contributed by atoms with Gasteiger partial charge in [-0.25, -0.2) is 0 Å². The molecule has 0 amide bonds. The zero-order chi connectivity index (χ0) is 24.8. The fourth-order valence-electron chi connectivity index (χ4n) is 3.78. The van der Waals surface area contributed by atoms with Crippen LogP contribution in [0.25, 0.3) is 0 Å². The van der Waals surface area contributed by atoms with Crippen molar-refractivity contribution in [2.45, 2.75) is 5.92 Å². The van der Waals surface area contributed by atoms with Crippen LogP contribution in [0.1, 0.15) is 22.6 Å². The largest absolute Gasteiger partial charge is 0.769 e. The summed E-state index contributed by atoms with van der Waals surface area (Å²) in [4.78, 5) is 0. The van der Waals surface area contributed by atoms with E-state index in [1.165, 1.54) is 6.07 Å². The van der Waals surface area contributed by atoms with Crippen molar-refractivity contribution in [2.24, 2.45) is 5.10 Å². The lowest BCUT2D eigenvalue weighted by Gasteiger charge is -2.39. The third-order valence-corrected chi connectivity index (χ3v) is 5.68. The second-order valence-corrected chi connectivity index (χ2v) is 8.00. The van der Waals surface area contributed by atoms with Gasteiger partial charge in [0.15, 0.2) is 0 Å². The Morgan fingerprint density at radius 2 is 1.37 bits per heavy atom. The molecule has 8 nitrogen and oxygen atoms in total. The summed E-state index contributed by atoms with van der Waals surface area (Å²) in [5.74, 6) is -0.676. The van der Waals surface area contributed by atoms with Crippen LogP contribution in [0.15, 0.2) is 108 Å². The van der Waals surface area contributed by atoms with Gasteiger partial charge in [0.1, 0.15) is 5.69 Å². The first kappa shape index (κ1) is 24.2. The molecule has 0 saturated carbocycles. The zero-order valence-corrected chi connectivity index (χ0v) is 19.1. The first-order chi connectivity index (χ1) is 17.0. The van der Waals surface area contributed by atoms with Crippen molar-refractivity contribution < 1.29 is 10.4 Å². The second kappa shape index (κ2) is 11.0. The SMILES string of the molecule is [O-]N([O-])c1cc(N(O)O)c([C@@H](C(=NNc2ccccc2)c2ccccc2)c2ccccc2)cc1Cl. The van der Waals surface area contributed by atoms with Crippen molar-refractivity contribution in [3.8, 4) is 0 Å². The van der Waals surface area contributed by atoms with Crippen LogP contribution < -0.4 is 15.9 Å². The topological polar surface area (TPSA) is 117 Å². The number of halogens is 1. The molecule has 35 heavy (non-hydrogen) atoms. The molecular formula is C26H21ClN4O4-2.